The number of carbonyl (C=O) groups excluding carboxylic acids is 1. The summed E-state index contributed by atoms with van der Waals surface area (Å²) in [5.74, 6) is -0.288. The van der Waals surface area contributed by atoms with E-state index >= 15 is 0 Å². The third-order valence-electron chi connectivity index (χ3n) is 5.08. The predicted octanol–water partition coefficient (Wildman–Crippen LogP) is 2.98. The third kappa shape index (κ3) is 4.28. The second-order valence-electron chi connectivity index (χ2n) is 7.17. The first-order valence-electron chi connectivity index (χ1n) is 9.66. The van der Waals surface area contributed by atoms with Crippen molar-refractivity contribution in [2.75, 3.05) is 6.54 Å². The van der Waals surface area contributed by atoms with Gasteiger partial charge < -0.3 is 5.32 Å². The minimum Gasteiger partial charge on any atom is -0.348 e. The fourth-order valence-electron chi connectivity index (χ4n) is 3.46. The molecule has 0 spiro atoms. The summed E-state index contributed by atoms with van der Waals surface area (Å²) in [7, 11) is -3.71. The summed E-state index contributed by atoms with van der Waals surface area (Å²) < 4.78 is 27.4. The molecule has 0 radical (unpaired) electrons. The quantitative estimate of drug-likeness (QED) is 0.634. The fraction of sp³-hybridized carbons (Fsp3) is 0.286. The summed E-state index contributed by atoms with van der Waals surface area (Å²) in [5, 5.41) is 5.55. The molecular formula is C21H22N4O3S2. The van der Waals surface area contributed by atoms with Gasteiger partial charge in [-0.15, -0.1) is 11.3 Å². The number of amides is 1. The Morgan fingerprint density at radius 3 is 2.67 bits per heavy atom. The number of aromatic nitrogens is 2. The van der Waals surface area contributed by atoms with Gasteiger partial charge in [-0.25, -0.2) is 13.4 Å². The van der Waals surface area contributed by atoms with Gasteiger partial charge in [-0.3, -0.25) is 9.78 Å². The zero-order chi connectivity index (χ0) is 21.1. The van der Waals surface area contributed by atoms with E-state index in [0.717, 1.165) is 21.8 Å². The Labute approximate surface area is 179 Å². The monoisotopic (exact) mass is 442 g/mol. The average Bonchev–Trinajstić information content (AvgIpc) is 3.43. The number of benzene rings is 1. The van der Waals surface area contributed by atoms with Gasteiger partial charge in [-0.05, 0) is 44.0 Å². The number of aryl methyl sites for hydroxylation is 1. The van der Waals surface area contributed by atoms with Gasteiger partial charge in [0, 0.05) is 29.9 Å². The van der Waals surface area contributed by atoms with Crippen LogP contribution in [-0.4, -0.2) is 41.2 Å². The minimum atomic E-state index is -3.71. The van der Waals surface area contributed by atoms with Crippen molar-refractivity contribution >= 4 is 27.3 Å². The summed E-state index contributed by atoms with van der Waals surface area (Å²) in [6, 6.07) is 9.77. The molecule has 1 amide bonds. The van der Waals surface area contributed by atoms with Gasteiger partial charge in [0.05, 0.1) is 17.1 Å². The molecule has 1 saturated heterocycles. The lowest BCUT2D eigenvalue weighted by atomic mass is 10.2. The van der Waals surface area contributed by atoms with E-state index in [-0.39, 0.29) is 17.3 Å². The van der Waals surface area contributed by atoms with Gasteiger partial charge in [0.1, 0.15) is 11.0 Å². The highest BCUT2D eigenvalue weighted by Crippen LogP contribution is 2.27. The first kappa shape index (κ1) is 20.6. The molecule has 0 saturated carbocycles. The zero-order valence-corrected chi connectivity index (χ0v) is 18.1. The molecular weight excluding hydrogens is 420 g/mol. The maximum atomic E-state index is 13.0. The fourth-order valence-corrected chi connectivity index (χ4v) is 5.86. The van der Waals surface area contributed by atoms with Crippen molar-refractivity contribution in [3.8, 4) is 11.3 Å². The van der Waals surface area contributed by atoms with Crippen LogP contribution >= 0.6 is 11.3 Å². The van der Waals surface area contributed by atoms with Crippen molar-refractivity contribution in [1.82, 2.24) is 19.6 Å². The Morgan fingerprint density at radius 1 is 1.20 bits per heavy atom. The number of hydrogen-bond acceptors (Lipinski definition) is 6. The van der Waals surface area contributed by atoms with Crippen LogP contribution in [-0.2, 0) is 21.4 Å². The van der Waals surface area contributed by atoms with Crippen molar-refractivity contribution in [1.29, 1.82) is 0 Å². The number of nitrogens with zero attached hydrogens (tertiary/aromatic N) is 3. The maximum absolute atomic E-state index is 13.0. The second-order valence-corrected chi connectivity index (χ2v) is 10.0. The largest absolute Gasteiger partial charge is 0.348 e. The van der Waals surface area contributed by atoms with Crippen LogP contribution in [0.5, 0.6) is 0 Å². The Hall–Kier alpha value is -2.62. The molecule has 1 aliphatic heterocycles. The van der Waals surface area contributed by atoms with Crippen LogP contribution in [0.25, 0.3) is 11.3 Å². The summed E-state index contributed by atoms with van der Waals surface area (Å²) >= 11 is 1.46. The van der Waals surface area contributed by atoms with E-state index in [9.17, 15) is 13.2 Å². The van der Waals surface area contributed by atoms with Crippen LogP contribution in [0.2, 0.25) is 0 Å². The maximum Gasteiger partial charge on any atom is 0.243 e. The van der Waals surface area contributed by atoms with E-state index in [4.69, 9.17) is 0 Å². The predicted molar refractivity (Wildman–Crippen MR) is 115 cm³/mol. The van der Waals surface area contributed by atoms with E-state index in [0.29, 0.717) is 19.4 Å². The van der Waals surface area contributed by atoms with Crippen molar-refractivity contribution in [3.05, 3.63) is 64.7 Å². The third-order valence-corrected chi connectivity index (χ3v) is 7.85. The smallest absolute Gasteiger partial charge is 0.243 e. The van der Waals surface area contributed by atoms with Gasteiger partial charge >= 0.3 is 0 Å². The van der Waals surface area contributed by atoms with Gasteiger partial charge in [-0.1, -0.05) is 17.7 Å². The van der Waals surface area contributed by atoms with Crippen LogP contribution in [0.4, 0.5) is 0 Å². The van der Waals surface area contributed by atoms with Gasteiger partial charge in [0.25, 0.3) is 0 Å². The SMILES string of the molecule is Cc1ccc(S(=O)(=O)N2CCC[C@H]2C(=O)NCc2nc(-c3ccncc3)cs2)cc1. The number of carbonyl (C=O) groups is 1. The topological polar surface area (TPSA) is 92.3 Å². The van der Waals surface area contributed by atoms with Crippen molar-refractivity contribution in [2.24, 2.45) is 0 Å². The molecule has 1 aliphatic rings. The van der Waals surface area contributed by atoms with Gasteiger partial charge in [0.2, 0.25) is 15.9 Å². The number of rotatable bonds is 6. The molecule has 0 aliphatic carbocycles. The molecule has 2 aromatic heterocycles. The molecule has 1 N–H and O–H groups in total. The lowest BCUT2D eigenvalue weighted by Gasteiger charge is -2.23. The lowest BCUT2D eigenvalue weighted by Crippen LogP contribution is -2.45. The number of pyridine rings is 1. The van der Waals surface area contributed by atoms with Crippen molar-refractivity contribution in [3.63, 3.8) is 0 Å². The van der Waals surface area contributed by atoms with Crippen molar-refractivity contribution < 1.29 is 13.2 Å². The number of hydrogen-bond donors (Lipinski definition) is 1. The van der Waals surface area contributed by atoms with E-state index in [1.165, 1.54) is 15.6 Å². The van der Waals surface area contributed by atoms with Crippen LogP contribution in [0, 0.1) is 6.92 Å². The van der Waals surface area contributed by atoms with Crippen LogP contribution in [0.1, 0.15) is 23.4 Å². The molecule has 9 heteroatoms. The number of sulfonamides is 1. The highest BCUT2D eigenvalue weighted by atomic mass is 32.2. The normalized spacial score (nSPS) is 17.2. The zero-order valence-electron chi connectivity index (χ0n) is 16.5. The Kier molecular flexibility index (Phi) is 5.94. The highest BCUT2D eigenvalue weighted by molar-refractivity contribution is 7.89. The summed E-state index contributed by atoms with van der Waals surface area (Å²) in [5.41, 5.74) is 2.78. The average molecular weight is 443 g/mol. The first-order chi connectivity index (χ1) is 14.4. The summed E-state index contributed by atoms with van der Waals surface area (Å²) in [6.45, 7) is 2.52. The van der Waals surface area contributed by atoms with E-state index in [1.807, 2.05) is 24.4 Å². The van der Waals surface area contributed by atoms with Crippen LogP contribution in [0.3, 0.4) is 0 Å². The molecule has 30 heavy (non-hydrogen) atoms. The minimum absolute atomic E-state index is 0.217. The molecule has 0 bridgehead atoms. The van der Waals surface area contributed by atoms with Gasteiger partial charge in [-0.2, -0.15) is 4.31 Å². The Morgan fingerprint density at radius 2 is 1.93 bits per heavy atom. The molecule has 1 atom stereocenters. The Balaban J connectivity index is 1.43. The van der Waals surface area contributed by atoms with Crippen molar-refractivity contribution in [2.45, 2.75) is 37.2 Å². The molecule has 4 rings (SSSR count). The lowest BCUT2D eigenvalue weighted by molar-refractivity contribution is -0.124. The molecule has 3 aromatic rings. The summed E-state index contributed by atoms with van der Waals surface area (Å²) in [4.78, 5) is 21.6. The van der Waals surface area contributed by atoms with Crippen LogP contribution < -0.4 is 5.32 Å². The molecule has 0 unspecified atom stereocenters. The first-order valence-corrected chi connectivity index (χ1v) is 12.0. The standard InChI is InChI=1S/C21H22N4O3S2/c1-15-4-6-17(7-5-15)30(27,28)25-12-2-3-19(25)21(26)23-13-20-24-18(14-29-20)16-8-10-22-11-9-16/h4-11,14,19H,2-3,12-13H2,1H3,(H,23,26)/t19-/m0/s1. The molecule has 3 heterocycles. The molecule has 156 valence electrons. The number of thiazole rings is 1. The summed E-state index contributed by atoms with van der Waals surface area (Å²) in [6.07, 6.45) is 4.59. The van der Waals surface area contributed by atoms with E-state index < -0.39 is 16.1 Å². The molecule has 1 aromatic carbocycles. The van der Waals surface area contributed by atoms with E-state index in [2.05, 4.69) is 15.3 Å². The van der Waals surface area contributed by atoms with Gasteiger partial charge in [0.15, 0.2) is 0 Å². The Bertz CT molecular complexity index is 1130. The number of nitrogens with one attached hydrogen (secondary N) is 1. The molecule has 7 nitrogen and oxygen atoms in total. The second kappa shape index (κ2) is 8.63. The van der Waals surface area contributed by atoms with Crippen LogP contribution in [0.15, 0.2) is 59.1 Å². The molecule has 1 fully saturated rings. The van der Waals surface area contributed by atoms with E-state index in [1.54, 1.807) is 36.7 Å². The highest BCUT2D eigenvalue weighted by Gasteiger charge is 2.39.